The summed E-state index contributed by atoms with van der Waals surface area (Å²) in [4.78, 5) is 15.3. The molecule has 0 spiro atoms. The van der Waals surface area contributed by atoms with E-state index in [4.69, 9.17) is 16.3 Å². The van der Waals surface area contributed by atoms with E-state index < -0.39 is 5.54 Å². The zero-order valence-corrected chi connectivity index (χ0v) is 15.1. The van der Waals surface area contributed by atoms with Crippen LogP contribution in [0.2, 0.25) is 5.15 Å². The molecule has 0 aromatic carbocycles. The van der Waals surface area contributed by atoms with Crippen molar-refractivity contribution in [3.63, 3.8) is 0 Å². The van der Waals surface area contributed by atoms with Gasteiger partial charge in [0.1, 0.15) is 16.7 Å². The fourth-order valence-electron chi connectivity index (χ4n) is 2.74. The van der Waals surface area contributed by atoms with Crippen LogP contribution < -0.4 is 5.32 Å². The van der Waals surface area contributed by atoms with Crippen LogP contribution in [0.4, 0.5) is 5.82 Å². The van der Waals surface area contributed by atoms with Gasteiger partial charge in [0.2, 0.25) is 0 Å². The number of aliphatic hydroxyl groups is 1. The minimum Gasteiger partial charge on any atom is -0.394 e. The molecule has 0 amide bonds. The maximum absolute atomic E-state index is 9.92. The highest BCUT2D eigenvalue weighted by molar-refractivity contribution is 6.30. The molecular weight excluding hydrogens is 342 g/mol. The van der Waals surface area contributed by atoms with Gasteiger partial charge in [-0.1, -0.05) is 17.7 Å². The molecule has 7 nitrogen and oxygen atoms in total. The number of anilines is 1. The summed E-state index contributed by atoms with van der Waals surface area (Å²) in [5.41, 5.74) is 0.920. The Hall–Kier alpha value is -1.80. The summed E-state index contributed by atoms with van der Waals surface area (Å²) in [5.74, 6) is 1.09. The van der Waals surface area contributed by atoms with E-state index in [1.54, 1.807) is 6.20 Å². The van der Waals surface area contributed by atoms with Gasteiger partial charge < -0.3 is 15.2 Å². The summed E-state index contributed by atoms with van der Waals surface area (Å²) >= 11 is 6.28. The Kier molecular flexibility index (Phi) is 5.48. The Labute approximate surface area is 152 Å². The number of ether oxygens (including phenoxy) is 1. The summed E-state index contributed by atoms with van der Waals surface area (Å²) in [7, 11) is 1.99. The van der Waals surface area contributed by atoms with Gasteiger partial charge in [0, 0.05) is 24.8 Å². The van der Waals surface area contributed by atoms with Gasteiger partial charge >= 0.3 is 0 Å². The van der Waals surface area contributed by atoms with Gasteiger partial charge in [-0.05, 0) is 26.1 Å². The monoisotopic (exact) mass is 363 g/mol. The number of halogens is 1. The van der Waals surface area contributed by atoms with Crippen LogP contribution in [0.1, 0.15) is 5.56 Å². The second-order valence-electron chi connectivity index (χ2n) is 6.24. The third kappa shape index (κ3) is 3.74. The summed E-state index contributed by atoms with van der Waals surface area (Å²) in [6.45, 7) is 4.22. The van der Waals surface area contributed by atoms with Crippen LogP contribution in [0.15, 0.2) is 24.4 Å². The van der Waals surface area contributed by atoms with Crippen molar-refractivity contribution in [2.24, 2.45) is 0 Å². The van der Waals surface area contributed by atoms with E-state index in [1.807, 2.05) is 32.2 Å². The molecule has 0 bridgehead atoms. The maximum atomic E-state index is 9.92. The number of hydrogen-bond acceptors (Lipinski definition) is 7. The normalized spacial score (nSPS) is 21.3. The lowest BCUT2D eigenvalue weighted by molar-refractivity contribution is -0.0726. The van der Waals surface area contributed by atoms with Crippen molar-refractivity contribution in [1.82, 2.24) is 19.9 Å². The number of nitrogens with zero attached hydrogens (tertiary/aromatic N) is 4. The van der Waals surface area contributed by atoms with E-state index in [2.05, 4.69) is 25.2 Å². The van der Waals surface area contributed by atoms with Gasteiger partial charge in [0.05, 0.1) is 25.4 Å². The Balaban J connectivity index is 1.86. The quantitative estimate of drug-likeness (QED) is 0.781. The molecule has 0 aliphatic carbocycles. The Bertz CT molecular complexity index is 730. The molecule has 0 radical (unpaired) electrons. The molecule has 1 unspecified atom stereocenters. The number of morpholine rings is 1. The lowest BCUT2D eigenvalue weighted by Gasteiger charge is -2.43. The molecule has 3 rings (SSSR count). The zero-order valence-electron chi connectivity index (χ0n) is 14.4. The number of likely N-dealkylation sites (N-methyl/N-ethyl adjacent to an activating group) is 1. The van der Waals surface area contributed by atoms with Crippen molar-refractivity contribution >= 4 is 17.4 Å². The molecule has 25 heavy (non-hydrogen) atoms. The molecule has 1 fully saturated rings. The molecule has 1 aliphatic rings. The first-order valence-electron chi connectivity index (χ1n) is 8.15. The average molecular weight is 364 g/mol. The number of hydrogen-bond donors (Lipinski definition) is 2. The van der Waals surface area contributed by atoms with Crippen LogP contribution in [0.3, 0.4) is 0 Å². The number of aliphatic hydroxyl groups excluding tert-OH is 1. The smallest absolute Gasteiger partial charge is 0.181 e. The van der Waals surface area contributed by atoms with Crippen LogP contribution in [0.25, 0.3) is 11.5 Å². The van der Waals surface area contributed by atoms with Crippen LogP contribution in [0.5, 0.6) is 0 Å². The highest BCUT2D eigenvalue weighted by Gasteiger charge is 2.37. The van der Waals surface area contributed by atoms with Crippen LogP contribution in [-0.4, -0.2) is 70.5 Å². The van der Waals surface area contributed by atoms with Crippen molar-refractivity contribution in [3.05, 3.63) is 35.1 Å². The molecule has 2 aromatic rings. The summed E-state index contributed by atoms with van der Waals surface area (Å²) in [5, 5.41) is 13.6. The number of rotatable bonds is 5. The summed E-state index contributed by atoms with van der Waals surface area (Å²) in [6, 6.07) is 5.55. The molecule has 2 aromatic heterocycles. The lowest BCUT2D eigenvalue weighted by atomic mass is 9.98. The third-order valence-corrected chi connectivity index (χ3v) is 4.98. The van der Waals surface area contributed by atoms with E-state index in [1.165, 1.54) is 0 Å². The van der Waals surface area contributed by atoms with Crippen molar-refractivity contribution in [2.75, 3.05) is 45.3 Å². The highest BCUT2D eigenvalue weighted by Crippen LogP contribution is 2.25. The van der Waals surface area contributed by atoms with Gasteiger partial charge in [-0.25, -0.2) is 9.97 Å². The molecule has 2 N–H and O–H groups in total. The van der Waals surface area contributed by atoms with Crippen LogP contribution in [0, 0.1) is 6.92 Å². The molecule has 1 aliphatic heterocycles. The minimum absolute atomic E-state index is 0.0124. The first-order valence-corrected chi connectivity index (χ1v) is 8.53. The van der Waals surface area contributed by atoms with Crippen molar-refractivity contribution in [2.45, 2.75) is 12.5 Å². The van der Waals surface area contributed by atoms with Crippen molar-refractivity contribution in [1.29, 1.82) is 0 Å². The van der Waals surface area contributed by atoms with Gasteiger partial charge in [-0.3, -0.25) is 9.88 Å². The molecule has 134 valence electrons. The van der Waals surface area contributed by atoms with Crippen LogP contribution in [-0.2, 0) is 4.74 Å². The fraction of sp³-hybridized carbons (Fsp3) is 0.471. The van der Waals surface area contributed by atoms with Gasteiger partial charge in [0.25, 0.3) is 0 Å². The Morgan fingerprint density at radius 1 is 1.40 bits per heavy atom. The van der Waals surface area contributed by atoms with Crippen molar-refractivity contribution < 1.29 is 9.84 Å². The molecule has 3 heterocycles. The Morgan fingerprint density at radius 3 is 2.92 bits per heavy atom. The average Bonchev–Trinajstić information content (AvgIpc) is 2.65. The molecule has 0 saturated carbocycles. The van der Waals surface area contributed by atoms with E-state index in [-0.39, 0.29) is 6.61 Å². The second-order valence-corrected chi connectivity index (χ2v) is 6.59. The summed E-state index contributed by atoms with van der Waals surface area (Å²) in [6.07, 6.45) is 1.69. The third-order valence-electron chi connectivity index (χ3n) is 4.61. The molecule has 8 heteroatoms. The number of pyridine rings is 1. The molecule has 1 saturated heterocycles. The first-order chi connectivity index (χ1) is 12.1. The van der Waals surface area contributed by atoms with Gasteiger partial charge in [-0.15, -0.1) is 0 Å². The standard InChI is InChI=1S/C17H22ClN5O2/c1-12-14(18)21-16(13-5-3-4-6-19-13)22-15(12)20-9-17(10-24)11-25-8-7-23(17)2/h3-6,24H,7-11H2,1-2H3,(H,20,21,22). The largest absolute Gasteiger partial charge is 0.394 e. The second kappa shape index (κ2) is 7.61. The van der Waals surface area contributed by atoms with E-state index in [0.29, 0.717) is 42.2 Å². The maximum Gasteiger partial charge on any atom is 0.181 e. The predicted octanol–water partition coefficient (Wildman–Crippen LogP) is 1.61. The van der Waals surface area contributed by atoms with Crippen LogP contribution >= 0.6 is 11.6 Å². The van der Waals surface area contributed by atoms with E-state index in [9.17, 15) is 5.11 Å². The molecular formula is C17H22ClN5O2. The topological polar surface area (TPSA) is 83.4 Å². The predicted molar refractivity (Wildman–Crippen MR) is 96.8 cm³/mol. The minimum atomic E-state index is -0.493. The van der Waals surface area contributed by atoms with Gasteiger partial charge in [0.15, 0.2) is 5.82 Å². The zero-order chi connectivity index (χ0) is 17.9. The Morgan fingerprint density at radius 2 is 2.24 bits per heavy atom. The first kappa shape index (κ1) is 18.0. The molecule has 1 atom stereocenters. The van der Waals surface area contributed by atoms with Gasteiger partial charge in [-0.2, -0.15) is 0 Å². The SMILES string of the molecule is Cc1c(Cl)nc(-c2ccccn2)nc1NCC1(CO)COCCN1C. The van der Waals surface area contributed by atoms with Crippen molar-refractivity contribution in [3.8, 4) is 11.5 Å². The number of nitrogens with one attached hydrogen (secondary N) is 1. The van der Waals surface area contributed by atoms with E-state index >= 15 is 0 Å². The summed E-state index contributed by atoms with van der Waals surface area (Å²) < 4.78 is 5.57. The van der Waals surface area contributed by atoms with E-state index in [0.717, 1.165) is 12.1 Å². The fourth-order valence-corrected chi connectivity index (χ4v) is 2.91. The highest BCUT2D eigenvalue weighted by atomic mass is 35.5. The lowest BCUT2D eigenvalue weighted by Crippen LogP contribution is -2.61. The number of aromatic nitrogens is 3.